The lowest BCUT2D eigenvalue weighted by Gasteiger charge is -2.11. The van der Waals surface area contributed by atoms with Crippen LogP contribution in [0.2, 0.25) is 0 Å². The van der Waals surface area contributed by atoms with Crippen LogP contribution in [0.5, 0.6) is 0 Å². The molecule has 0 saturated carbocycles. The Labute approximate surface area is 97.0 Å². The molecule has 0 aliphatic carbocycles. The van der Waals surface area contributed by atoms with Crippen LogP contribution in [-0.4, -0.2) is 41.1 Å². The van der Waals surface area contributed by atoms with E-state index in [-0.39, 0.29) is 29.1 Å². The molecule has 2 amide bonds. The number of hydrogen-bond donors (Lipinski definition) is 1. The molecule has 1 aliphatic heterocycles. The summed E-state index contributed by atoms with van der Waals surface area (Å²) in [4.78, 5) is 27.7. The van der Waals surface area contributed by atoms with Gasteiger partial charge in [0.25, 0.3) is 5.91 Å². The van der Waals surface area contributed by atoms with Crippen LogP contribution in [0.4, 0.5) is 0 Å². The largest absolute Gasteiger partial charge is 0.336 e. The Morgan fingerprint density at radius 1 is 1.60 bits per heavy atom. The first-order valence-corrected chi connectivity index (χ1v) is 5.61. The van der Waals surface area contributed by atoms with E-state index in [1.165, 1.54) is 0 Å². The van der Waals surface area contributed by atoms with Crippen LogP contribution in [0.1, 0.15) is 13.8 Å². The highest BCUT2D eigenvalue weighted by Gasteiger charge is 2.25. The molecule has 0 bridgehead atoms. The number of guanidine groups is 1. The summed E-state index contributed by atoms with van der Waals surface area (Å²) < 4.78 is 0. The fourth-order valence-electron chi connectivity index (χ4n) is 1.11. The van der Waals surface area contributed by atoms with E-state index in [1.54, 1.807) is 11.9 Å². The van der Waals surface area contributed by atoms with E-state index in [4.69, 9.17) is 0 Å². The standard InChI is InChI=1S/C9H14BrN3O2/c1-5(2)7(10)8(15)12-9-11-6(14)4-13(9)3/h5,7H,4H2,1-3H3,(H,11,12,14,15). The molecular formula is C9H14BrN3O2. The maximum atomic E-state index is 11.6. The molecule has 0 radical (unpaired) electrons. The van der Waals surface area contributed by atoms with Gasteiger partial charge in [-0.15, -0.1) is 0 Å². The van der Waals surface area contributed by atoms with Crippen molar-refractivity contribution in [2.75, 3.05) is 13.6 Å². The molecule has 1 atom stereocenters. The molecule has 0 spiro atoms. The molecule has 1 saturated heterocycles. The highest BCUT2D eigenvalue weighted by atomic mass is 79.9. The van der Waals surface area contributed by atoms with Gasteiger partial charge in [-0.2, -0.15) is 4.99 Å². The summed E-state index contributed by atoms with van der Waals surface area (Å²) in [7, 11) is 1.71. The molecule has 0 aromatic rings. The van der Waals surface area contributed by atoms with Crippen molar-refractivity contribution in [1.82, 2.24) is 10.2 Å². The minimum Gasteiger partial charge on any atom is -0.336 e. The van der Waals surface area contributed by atoms with Crippen molar-refractivity contribution in [2.24, 2.45) is 10.9 Å². The fraction of sp³-hybridized carbons (Fsp3) is 0.667. The molecule has 1 N–H and O–H groups in total. The molecule has 6 heteroatoms. The first-order chi connectivity index (χ1) is 6.91. The number of rotatable bonds is 2. The predicted octanol–water partition coefficient (Wildman–Crippen LogP) is 0.350. The van der Waals surface area contributed by atoms with Gasteiger partial charge in [-0.05, 0) is 5.92 Å². The van der Waals surface area contributed by atoms with Gasteiger partial charge in [0.05, 0.1) is 11.4 Å². The van der Waals surface area contributed by atoms with Crippen molar-refractivity contribution in [1.29, 1.82) is 0 Å². The summed E-state index contributed by atoms with van der Waals surface area (Å²) in [5.74, 6) is 0.0909. The topological polar surface area (TPSA) is 61.8 Å². The lowest BCUT2D eigenvalue weighted by atomic mass is 10.1. The van der Waals surface area contributed by atoms with Crippen LogP contribution in [0.3, 0.4) is 0 Å². The fourth-order valence-corrected chi connectivity index (χ4v) is 1.22. The zero-order valence-electron chi connectivity index (χ0n) is 8.95. The second-order valence-electron chi connectivity index (χ2n) is 3.82. The van der Waals surface area contributed by atoms with Gasteiger partial charge in [0, 0.05) is 7.05 Å². The van der Waals surface area contributed by atoms with Crippen molar-refractivity contribution in [3.8, 4) is 0 Å². The summed E-state index contributed by atoms with van der Waals surface area (Å²) in [5, 5.41) is 2.52. The van der Waals surface area contributed by atoms with Gasteiger partial charge in [0.15, 0.2) is 0 Å². The second kappa shape index (κ2) is 4.74. The van der Waals surface area contributed by atoms with Crippen molar-refractivity contribution < 1.29 is 9.59 Å². The normalized spacial score (nSPS) is 21.0. The third kappa shape index (κ3) is 3.02. The Bertz CT molecular complexity index is 314. The van der Waals surface area contributed by atoms with Crippen LogP contribution >= 0.6 is 15.9 Å². The first-order valence-electron chi connectivity index (χ1n) is 4.69. The van der Waals surface area contributed by atoms with Crippen molar-refractivity contribution >= 4 is 33.7 Å². The maximum absolute atomic E-state index is 11.6. The number of amides is 2. The van der Waals surface area contributed by atoms with Crippen LogP contribution in [0.15, 0.2) is 4.99 Å². The predicted molar refractivity (Wildman–Crippen MR) is 60.8 cm³/mol. The molecule has 0 aromatic heterocycles. The SMILES string of the molecule is CC(C)C(Br)C(=O)N=C1NC(=O)CN1C. The number of alkyl halides is 1. The van der Waals surface area contributed by atoms with E-state index in [9.17, 15) is 9.59 Å². The van der Waals surface area contributed by atoms with Gasteiger partial charge in [-0.25, -0.2) is 0 Å². The van der Waals surface area contributed by atoms with Gasteiger partial charge in [0.2, 0.25) is 11.9 Å². The van der Waals surface area contributed by atoms with E-state index < -0.39 is 0 Å². The van der Waals surface area contributed by atoms with E-state index in [1.807, 2.05) is 13.8 Å². The molecule has 1 rings (SSSR count). The first kappa shape index (κ1) is 12.2. The molecule has 1 aliphatic rings. The molecule has 5 nitrogen and oxygen atoms in total. The lowest BCUT2D eigenvalue weighted by Crippen LogP contribution is -2.30. The lowest BCUT2D eigenvalue weighted by molar-refractivity contribution is -0.118. The molecular weight excluding hydrogens is 262 g/mol. The number of nitrogens with one attached hydrogen (secondary N) is 1. The average molecular weight is 276 g/mol. The third-order valence-electron chi connectivity index (χ3n) is 2.03. The smallest absolute Gasteiger partial charge is 0.262 e. The summed E-state index contributed by atoms with van der Waals surface area (Å²) in [6.45, 7) is 4.10. The average Bonchev–Trinajstić information content (AvgIpc) is 2.43. The van der Waals surface area contributed by atoms with Crippen LogP contribution in [0, 0.1) is 5.92 Å². The molecule has 0 aromatic carbocycles. The minimum atomic E-state index is -0.309. The van der Waals surface area contributed by atoms with E-state index in [0.717, 1.165) is 0 Å². The van der Waals surface area contributed by atoms with Gasteiger partial charge in [-0.1, -0.05) is 29.8 Å². The molecule has 1 heterocycles. The van der Waals surface area contributed by atoms with Crippen molar-refractivity contribution in [2.45, 2.75) is 18.7 Å². The third-order valence-corrected chi connectivity index (χ3v) is 3.48. The summed E-state index contributed by atoms with van der Waals surface area (Å²) in [5.41, 5.74) is 0. The number of carbonyl (C=O) groups is 2. The van der Waals surface area contributed by atoms with Crippen LogP contribution in [0.25, 0.3) is 0 Å². The highest BCUT2D eigenvalue weighted by Crippen LogP contribution is 2.13. The molecule has 84 valence electrons. The summed E-state index contributed by atoms with van der Waals surface area (Å²) in [6, 6.07) is 0. The number of nitrogens with zero attached hydrogens (tertiary/aromatic N) is 2. The van der Waals surface area contributed by atoms with E-state index in [2.05, 4.69) is 26.2 Å². The quantitative estimate of drug-likeness (QED) is 0.740. The van der Waals surface area contributed by atoms with Crippen LogP contribution < -0.4 is 5.32 Å². The van der Waals surface area contributed by atoms with Crippen molar-refractivity contribution in [3.63, 3.8) is 0 Å². The molecule has 1 fully saturated rings. The van der Waals surface area contributed by atoms with Crippen molar-refractivity contribution in [3.05, 3.63) is 0 Å². The zero-order chi connectivity index (χ0) is 11.6. The number of carbonyl (C=O) groups excluding carboxylic acids is 2. The summed E-state index contributed by atoms with van der Waals surface area (Å²) in [6.07, 6.45) is 0. The highest BCUT2D eigenvalue weighted by molar-refractivity contribution is 9.10. The van der Waals surface area contributed by atoms with Gasteiger partial charge in [-0.3, -0.25) is 14.9 Å². The van der Waals surface area contributed by atoms with E-state index in [0.29, 0.717) is 5.96 Å². The maximum Gasteiger partial charge on any atom is 0.262 e. The molecule has 1 unspecified atom stereocenters. The Kier molecular flexibility index (Phi) is 3.84. The second-order valence-corrected chi connectivity index (χ2v) is 4.81. The van der Waals surface area contributed by atoms with Gasteiger partial charge >= 0.3 is 0 Å². The van der Waals surface area contributed by atoms with E-state index >= 15 is 0 Å². The Morgan fingerprint density at radius 3 is 2.60 bits per heavy atom. The zero-order valence-corrected chi connectivity index (χ0v) is 10.5. The minimum absolute atomic E-state index is 0.139. The monoisotopic (exact) mass is 275 g/mol. The number of aliphatic imine (C=N–C) groups is 1. The number of hydrogen-bond acceptors (Lipinski definition) is 2. The summed E-state index contributed by atoms with van der Waals surface area (Å²) >= 11 is 3.26. The van der Waals surface area contributed by atoms with Crippen LogP contribution in [-0.2, 0) is 9.59 Å². The number of halogens is 1. The Balaban J connectivity index is 2.71. The van der Waals surface area contributed by atoms with Gasteiger partial charge in [0.1, 0.15) is 0 Å². The Hall–Kier alpha value is -0.910. The Morgan fingerprint density at radius 2 is 2.20 bits per heavy atom. The van der Waals surface area contributed by atoms with Gasteiger partial charge < -0.3 is 4.90 Å². The molecule has 15 heavy (non-hydrogen) atoms. The number of likely N-dealkylation sites (N-methyl/N-ethyl adjacent to an activating group) is 1.